The molecular formula is C12H18N6O. The van der Waals surface area contributed by atoms with Gasteiger partial charge >= 0.3 is 0 Å². The lowest BCUT2D eigenvalue weighted by molar-refractivity contribution is 0.102. The van der Waals surface area contributed by atoms with Gasteiger partial charge in [-0.1, -0.05) is 0 Å². The average molecular weight is 262 g/mol. The third-order valence-electron chi connectivity index (χ3n) is 2.56. The maximum Gasteiger partial charge on any atom is 0.277 e. The van der Waals surface area contributed by atoms with Crippen molar-refractivity contribution < 1.29 is 4.79 Å². The molecule has 7 heteroatoms. The van der Waals surface area contributed by atoms with Crippen LogP contribution in [0.2, 0.25) is 0 Å². The molecule has 0 fully saturated rings. The number of aromatic nitrogens is 4. The lowest BCUT2D eigenvalue weighted by Crippen LogP contribution is -2.13. The molecular weight excluding hydrogens is 244 g/mol. The summed E-state index contributed by atoms with van der Waals surface area (Å²) in [4.78, 5) is 13.9. The Hall–Kier alpha value is -2.15. The zero-order valence-electron chi connectivity index (χ0n) is 11.3. The van der Waals surface area contributed by atoms with Gasteiger partial charge < -0.3 is 10.2 Å². The quantitative estimate of drug-likeness (QED) is 0.840. The number of carbonyl (C=O) groups excluding carboxylic acids is 1. The number of amides is 1. The molecule has 2 rings (SSSR count). The normalized spacial score (nSPS) is 10.9. The zero-order valence-corrected chi connectivity index (χ0v) is 11.3. The number of carbonyl (C=O) groups is 1. The van der Waals surface area contributed by atoms with Crippen LogP contribution in [0.1, 0.15) is 23.1 Å². The number of H-pyrrole nitrogens is 1. The molecule has 2 aromatic heterocycles. The van der Waals surface area contributed by atoms with E-state index >= 15 is 0 Å². The molecule has 102 valence electrons. The SMILES string of the molecule is CCn1ccc(C(=O)Nc2cc(CN(C)C)[nH]n2)n1. The van der Waals surface area contributed by atoms with Gasteiger partial charge in [0, 0.05) is 25.4 Å². The van der Waals surface area contributed by atoms with E-state index in [0.717, 1.165) is 18.8 Å². The van der Waals surface area contributed by atoms with Gasteiger partial charge in [0.15, 0.2) is 11.5 Å². The van der Waals surface area contributed by atoms with Crippen molar-refractivity contribution in [3.8, 4) is 0 Å². The predicted molar refractivity (Wildman–Crippen MR) is 71.8 cm³/mol. The second-order valence-corrected chi connectivity index (χ2v) is 4.53. The highest BCUT2D eigenvalue weighted by Crippen LogP contribution is 2.08. The molecule has 2 aromatic rings. The minimum Gasteiger partial charge on any atom is -0.304 e. The molecule has 0 saturated heterocycles. The van der Waals surface area contributed by atoms with E-state index in [4.69, 9.17) is 0 Å². The molecule has 0 bridgehead atoms. The van der Waals surface area contributed by atoms with Crippen LogP contribution in [-0.4, -0.2) is 44.9 Å². The van der Waals surface area contributed by atoms with Crippen molar-refractivity contribution in [1.82, 2.24) is 24.9 Å². The highest BCUT2D eigenvalue weighted by molar-refractivity contribution is 6.02. The summed E-state index contributed by atoms with van der Waals surface area (Å²) < 4.78 is 1.71. The van der Waals surface area contributed by atoms with Gasteiger partial charge in [-0.2, -0.15) is 10.2 Å². The molecule has 0 unspecified atom stereocenters. The highest BCUT2D eigenvalue weighted by Gasteiger charge is 2.11. The lowest BCUT2D eigenvalue weighted by atomic mass is 10.4. The van der Waals surface area contributed by atoms with Crippen LogP contribution in [0.3, 0.4) is 0 Å². The summed E-state index contributed by atoms with van der Waals surface area (Å²) in [6, 6.07) is 3.50. The largest absolute Gasteiger partial charge is 0.304 e. The van der Waals surface area contributed by atoms with Gasteiger partial charge in [0.25, 0.3) is 5.91 Å². The monoisotopic (exact) mass is 262 g/mol. The van der Waals surface area contributed by atoms with Gasteiger partial charge in [0.2, 0.25) is 0 Å². The Morgan fingerprint density at radius 1 is 1.53 bits per heavy atom. The van der Waals surface area contributed by atoms with Crippen LogP contribution in [-0.2, 0) is 13.1 Å². The first-order chi connectivity index (χ1) is 9.08. The van der Waals surface area contributed by atoms with Crippen molar-refractivity contribution in [2.45, 2.75) is 20.0 Å². The van der Waals surface area contributed by atoms with Crippen LogP contribution in [0.4, 0.5) is 5.82 Å². The number of aromatic amines is 1. The predicted octanol–water partition coefficient (Wildman–Crippen LogP) is 0.940. The van der Waals surface area contributed by atoms with E-state index < -0.39 is 0 Å². The molecule has 1 amide bonds. The third kappa shape index (κ3) is 3.41. The fourth-order valence-corrected chi connectivity index (χ4v) is 1.69. The summed E-state index contributed by atoms with van der Waals surface area (Å²) in [5.41, 5.74) is 1.33. The smallest absolute Gasteiger partial charge is 0.277 e. The maximum absolute atomic E-state index is 11.9. The van der Waals surface area contributed by atoms with Gasteiger partial charge in [-0.05, 0) is 27.1 Å². The molecule has 2 heterocycles. The standard InChI is InChI=1S/C12H18N6O/c1-4-18-6-5-10(16-18)12(19)13-11-7-9(14-15-11)8-17(2)3/h5-7H,4,8H2,1-3H3,(H2,13,14,15,19). The average Bonchev–Trinajstić information content (AvgIpc) is 2.97. The maximum atomic E-state index is 11.9. The van der Waals surface area contributed by atoms with E-state index in [1.807, 2.05) is 32.0 Å². The molecule has 0 spiro atoms. The van der Waals surface area contributed by atoms with Crippen LogP contribution in [0.15, 0.2) is 18.3 Å². The minimum atomic E-state index is -0.255. The highest BCUT2D eigenvalue weighted by atomic mass is 16.2. The van der Waals surface area contributed by atoms with Crippen molar-refractivity contribution in [2.24, 2.45) is 0 Å². The summed E-state index contributed by atoms with van der Waals surface area (Å²) in [7, 11) is 3.94. The number of aryl methyl sites for hydroxylation is 1. The molecule has 7 nitrogen and oxygen atoms in total. The fourth-order valence-electron chi connectivity index (χ4n) is 1.69. The second-order valence-electron chi connectivity index (χ2n) is 4.53. The number of rotatable bonds is 5. The first-order valence-corrected chi connectivity index (χ1v) is 6.12. The number of hydrogen-bond acceptors (Lipinski definition) is 4. The minimum absolute atomic E-state index is 0.255. The summed E-state index contributed by atoms with van der Waals surface area (Å²) >= 11 is 0. The summed E-state index contributed by atoms with van der Waals surface area (Å²) in [6.45, 7) is 3.45. The Kier molecular flexibility index (Phi) is 3.96. The molecule has 0 atom stereocenters. The first-order valence-electron chi connectivity index (χ1n) is 6.12. The van der Waals surface area contributed by atoms with Crippen molar-refractivity contribution in [1.29, 1.82) is 0 Å². The Labute approximate surface area is 111 Å². The molecule has 19 heavy (non-hydrogen) atoms. The zero-order chi connectivity index (χ0) is 13.8. The van der Waals surface area contributed by atoms with E-state index in [9.17, 15) is 4.79 Å². The number of nitrogens with one attached hydrogen (secondary N) is 2. The molecule has 0 saturated carbocycles. The van der Waals surface area contributed by atoms with Gasteiger partial charge in [-0.25, -0.2) is 0 Å². The van der Waals surface area contributed by atoms with E-state index in [1.165, 1.54) is 0 Å². The third-order valence-corrected chi connectivity index (χ3v) is 2.56. The van der Waals surface area contributed by atoms with Crippen LogP contribution in [0.25, 0.3) is 0 Å². The Morgan fingerprint density at radius 2 is 2.32 bits per heavy atom. The molecule has 2 N–H and O–H groups in total. The van der Waals surface area contributed by atoms with Crippen molar-refractivity contribution in [2.75, 3.05) is 19.4 Å². The Morgan fingerprint density at radius 3 is 2.95 bits per heavy atom. The summed E-state index contributed by atoms with van der Waals surface area (Å²) in [5.74, 6) is 0.253. The van der Waals surface area contributed by atoms with Gasteiger partial charge in [0.1, 0.15) is 0 Å². The summed E-state index contributed by atoms with van der Waals surface area (Å²) in [6.07, 6.45) is 1.77. The molecule has 0 radical (unpaired) electrons. The van der Waals surface area contributed by atoms with Crippen LogP contribution in [0.5, 0.6) is 0 Å². The van der Waals surface area contributed by atoms with Crippen molar-refractivity contribution in [3.05, 3.63) is 29.7 Å². The number of nitrogens with zero attached hydrogens (tertiary/aromatic N) is 4. The number of anilines is 1. The number of hydrogen-bond donors (Lipinski definition) is 2. The molecule has 0 aliphatic carbocycles. The van der Waals surface area contributed by atoms with E-state index in [1.54, 1.807) is 16.9 Å². The Balaban J connectivity index is 2.00. The van der Waals surface area contributed by atoms with Crippen LogP contribution >= 0.6 is 0 Å². The molecule has 0 aromatic carbocycles. The van der Waals surface area contributed by atoms with E-state index in [2.05, 4.69) is 20.6 Å². The Bertz CT molecular complexity index is 556. The second kappa shape index (κ2) is 5.66. The van der Waals surface area contributed by atoms with Crippen LogP contribution < -0.4 is 5.32 Å². The summed E-state index contributed by atoms with van der Waals surface area (Å²) in [5, 5.41) is 13.8. The fraction of sp³-hybridized carbons (Fsp3) is 0.417. The van der Waals surface area contributed by atoms with Crippen molar-refractivity contribution >= 4 is 11.7 Å². The van der Waals surface area contributed by atoms with Crippen LogP contribution in [0, 0.1) is 0 Å². The first kappa shape index (κ1) is 13.3. The molecule has 0 aliphatic rings. The van der Waals surface area contributed by atoms with Crippen molar-refractivity contribution in [3.63, 3.8) is 0 Å². The van der Waals surface area contributed by atoms with E-state index in [-0.39, 0.29) is 5.91 Å². The van der Waals surface area contributed by atoms with Gasteiger partial charge in [-0.15, -0.1) is 0 Å². The van der Waals surface area contributed by atoms with E-state index in [0.29, 0.717) is 11.5 Å². The van der Waals surface area contributed by atoms with Gasteiger partial charge in [0.05, 0.1) is 5.69 Å². The van der Waals surface area contributed by atoms with Gasteiger partial charge in [-0.3, -0.25) is 14.6 Å². The lowest BCUT2D eigenvalue weighted by Gasteiger charge is -2.05. The molecule has 0 aliphatic heterocycles. The topological polar surface area (TPSA) is 78.8 Å².